The molecular weight excluding hydrogens is 303 g/mol. The summed E-state index contributed by atoms with van der Waals surface area (Å²) >= 11 is 0. The summed E-state index contributed by atoms with van der Waals surface area (Å²) in [6, 6.07) is 2.64. The number of ether oxygens (including phenoxy) is 1. The quantitative estimate of drug-likeness (QED) is 0.942. The molecule has 8 heteroatoms. The highest BCUT2D eigenvalue weighted by Crippen LogP contribution is 2.39. The largest absolute Gasteiger partial charge is 0.477 e. The zero-order valence-electron chi connectivity index (χ0n) is 11.0. The lowest BCUT2D eigenvalue weighted by atomic mass is 10.1. The van der Waals surface area contributed by atoms with E-state index in [2.05, 4.69) is 4.74 Å². The third kappa shape index (κ3) is 2.40. The van der Waals surface area contributed by atoms with Gasteiger partial charge in [0.2, 0.25) is 5.43 Å². The van der Waals surface area contributed by atoms with E-state index in [-0.39, 0.29) is 16.9 Å². The van der Waals surface area contributed by atoms with E-state index >= 15 is 0 Å². The molecule has 1 aromatic carbocycles. The predicted molar refractivity (Wildman–Crippen MR) is 68.9 cm³/mol. The Hall–Kier alpha value is -2.51. The number of carboxylic acids is 1. The Bertz CT molecular complexity index is 827. The van der Waals surface area contributed by atoms with Gasteiger partial charge in [-0.15, -0.1) is 0 Å². The normalized spacial score (nSPS) is 14.5. The first-order valence-corrected chi connectivity index (χ1v) is 6.37. The number of hydrogen-bond acceptors (Lipinski definition) is 3. The second-order valence-corrected chi connectivity index (χ2v) is 4.90. The predicted octanol–water partition coefficient (Wildman–Crippen LogP) is 2.58. The van der Waals surface area contributed by atoms with E-state index in [0.29, 0.717) is 12.8 Å². The van der Waals surface area contributed by atoms with Crippen molar-refractivity contribution in [3.8, 4) is 5.75 Å². The van der Waals surface area contributed by atoms with Crippen molar-refractivity contribution in [2.45, 2.75) is 25.5 Å². The summed E-state index contributed by atoms with van der Waals surface area (Å²) in [5.41, 5.74) is -1.57. The van der Waals surface area contributed by atoms with Crippen LogP contribution in [-0.4, -0.2) is 22.3 Å². The first-order chi connectivity index (χ1) is 10.4. The summed E-state index contributed by atoms with van der Waals surface area (Å²) < 4.78 is 44.1. The van der Waals surface area contributed by atoms with Crippen LogP contribution in [0.4, 0.5) is 13.2 Å². The van der Waals surface area contributed by atoms with Crippen LogP contribution in [-0.2, 0) is 0 Å². The van der Waals surface area contributed by atoms with Gasteiger partial charge in [-0.2, -0.15) is 8.78 Å². The maximum Gasteiger partial charge on any atom is 0.387 e. The van der Waals surface area contributed by atoms with Crippen molar-refractivity contribution < 1.29 is 27.8 Å². The Kier molecular flexibility index (Phi) is 3.31. The van der Waals surface area contributed by atoms with Crippen LogP contribution in [0.3, 0.4) is 0 Å². The molecule has 1 heterocycles. The summed E-state index contributed by atoms with van der Waals surface area (Å²) in [5.74, 6) is -3.15. The lowest BCUT2D eigenvalue weighted by molar-refractivity contribution is -0.0493. The molecule has 1 fully saturated rings. The minimum Gasteiger partial charge on any atom is -0.477 e. The molecule has 0 spiro atoms. The van der Waals surface area contributed by atoms with E-state index in [1.54, 1.807) is 0 Å². The zero-order valence-corrected chi connectivity index (χ0v) is 11.0. The molecule has 5 nitrogen and oxygen atoms in total. The molecule has 3 rings (SSSR count). The van der Waals surface area contributed by atoms with Crippen molar-refractivity contribution in [2.24, 2.45) is 0 Å². The Morgan fingerprint density at radius 2 is 2.14 bits per heavy atom. The maximum atomic E-state index is 13.5. The molecule has 1 radical (unpaired) electrons. The van der Waals surface area contributed by atoms with Gasteiger partial charge in [0.15, 0.2) is 5.75 Å². The third-order valence-corrected chi connectivity index (χ3v) is 3.37. The highest BCUT2D eigenvalue weighted by atomic mass is 19.3. The summed E-state index contributed by atoms with van der Waals surface area (Å²) in [7, 11) is 0. The van der Waals surface area contributed by atoms with Gasteiger partial charge in [0, 0.05) is 12.2 Å². The van der Waals surface area contributed by atoms with Crippen LogP contribution in [0.25, 0.3) is 10.9 Å². The molecule has 1 N–H and O–H groups in total. The van der Waals surface area contributed by atoms with E-state index in [9.17, 15) is 22.8 Å². The topological polar surface area (TPSA) is 68.5 Å². The molecule has 0 saturated heterocycles. The first kappa shape index (κ1) is 14.4. The number of benzene rings is 1. The number of nitrogens with zero attached hydrogens (tertiary/aromatic N) is 1. The average Bonchev–Trinajstić information content (AvgIpc) is 3.23. The summed E-state index contributed by atoms with van der Waals surface area (Å²) in [4.78, 5) is 23.3. The number of fused-ring (bicyclic) bond motifs is 1. The number of halogens is 3. The van der Waals surface area contributed by atoms with E-state index in [4.69, 9.17) is 5.11 Å². The minimum atomic E-state index is -3.22. The molecule has 0 amide bonds. The SMILES string of the molecule is O=C(O)c1cn(C2CC2)c2c(OC(F)F)[c]c(F)cc2c1=O. The number of alkyl halides is 2. The Balaban J connectivity index is 2.40. The number of aromatic nitrogens is 1. The Labute approximate surface area is 121 Å². The van der Waals surface area contributed by atoms with Gasteiger partial charge in [0.25, 0.3) is 0 Å². The second-order valence-electron chi connectivity index (χ2n) is 4.90. The molecule has 0 bridgehead atoms. The van der Waals surface area contributed by atoms with E-state index in [1.807, 2.05) is 6.07 Å². The van der Waals surface area contributed by atoms with E-state index in [1.165, 1.54) is 4.57 Å². The molecule has 1 aromatic heterocycles. The fourth-order valence-electron chi connectivity index (χ4n) is 2.33. The molecule has 115 valence electrons. The Morgan fingerprint density at radius 1 is 1.45 bits per heavy atom. The van der Waals surface area contributed by atoms with E-state index in [0.717, 1.165) is 12.3 Å². The maximum absolute atomic E-state index is 13.5. The highest BCUT2D eigenvalue weighted by Gasteiger charge is 2.29. The zero-order chi connectivity index (χ0) is 16.0. The van der Waals surface area contributed by atoms with Crippen LogP contribution in [0.1, 0.15) is 29.2 Å². The van der Waals surface area contributed by atoms with Crippen LogP contribution < -0.4 is 10.2 Å². The van der Waals surface area contributed by atoms with Crippen LogP contribution in [0.15, 0.2) is 17.1 Å². The molecule has 1 aliphatic carbocycles. The summed E-state index contributed by atoms with van der Waals surface area (Å²) in [5, 5.41) is 8.75. The summed E-state index contributed by atoms with van der Waals surface area (Å²) in [6.07, 6.45) is 2.47. The number of hydrogen-bond donors (Lipinski definition) is 1. The molecule has 0 atom stereocenters. The average molecular weight is 312 g/mol. The third-order valence-electron chi connectivity index (χ3n) is 3.37. The highest BCUT2D eigenvalue weighted by molar-refractivity contribution is 5.94. The smallest absolute Gasteiger partial charge is 0.387 e. The molecule has 0 aliphatic heterocycles. The van der Waals surface area contributed by atoms with E-state index < -0.39 is 35.1 Å². The number of pyridine rings is 1. The van der Waals surface area contributed by atoms with Gasteiger partial charge in [0.05, 0.1) is 17.0 Å². The molecular formula is C14H9F3NO4. The van der Waals surface area contributed by atoms with Gasteiger partial charge in [-0.1, -0.05) is 0 Å². The van der Waals surface area contributed by atoms with Crippen molar-refractivity contribution in [2.75, 3.05) is 0 Å². The molecule has 22 heavy (non-hydrogen) atoms. The number of rotatable bonds is 4. The number of carboxylic acid groups (broad SMARTS) is 1. The first-order valence-electron chi connectivity index (χ1n) is 6.37. The van der Waals surface area contributed by atoms with Crippen molar-refractivity contribution in [1.29, 1.82) is 0 Å². The monoisotopic (exact) mass is 312 g/mol. The molecule has 2 aromatic rings. The van der Waals surface area contributed by atoms with Gasteiger partial charge in [-0.3, -0.25) is 4.79 Å². The van der Waals surface area contributed by atoms with Crippen LogP contribution >= 0.6 is 0 Å². The second kappa shape index (κ2) is 5.04. The molecule has 1 saturated carbocycles. The van der Waals surface area contributed by atoms with Crippen molar-refractivity contribution in [3.63, 3.8) is 0 Å². The van der Waals surface area contributed by atoms with Crippen LogP contribution in [0.2, 0.25) is 0 Å². The van der Waals surface area contributed by atoms with Crippen LogP contribution in [0, 0.1) is 11.9 Å². The van der Waals surface area contributed by atoms with Crippen molar-refractivity contribution in [3.05, 3.63) is 39.9 Å². The van der Waals surface area contributed by atoms with Gasteiger partial charge >= 0.3 is 12.6 Å². The van der Waals surface area contributed by atoms with Gasteiger partial charge in [0.1, 0.15) is 11.4 Å². The van der Waals surface area contributed by atoms with Gasteiger partial charge < -0.3 is 14.4 Å². The molecule has 1 aliphatic rings. The Morgan fingerprint density at radius 3 is 2.68 bits per heavy atom. The number of carbonyl (C=O) groups is 1. The molecule has 0 unspecified atom stereocenters. The van der Waals surface area contributed by atoms with Crippen molar-refractivity contribution in [1.82, 2.24) is 4.57 Å². The van der Waals surface area contributed by atoms with Gasteiger partial charge in [-0.05, 0) is 18.9 Å². The van der Waals surface area contributed by atoms with Crippen molar-refractivity contribution >= 4 is 16.9 Å². The fraction of sp³-hybridized carbons (Fsp3) is 0.286. The van der Waals surface area contributed by atoms with Crippen LogP contribution in [0.5, 0.6) is 5.75 Å². The lowest BCUT2D eigenvalue weighted by Crippen LogP contribution is -2.19. The summed E-state index contributed by atoms with van der Waals surface area (Å²) in [6.45, 7) is -3.22. The standard InChI is InChI=1S/C14H9F3NO4/c15-6-3-8-11(10(4-6)22-14(16)17)18(7-1-2-7)5-9(12(8)19)13(20)21/h3,5,7,14H,1-2H2,(H,20,21). The minimum absolute atomic E-state index is 0.0702. The lowest BCUT2D eigenvalue weighted by Gasteiger charge is -2.15. The van der Waals surface area contributed by atoms with Gasteiger partial charge in [-0.25, -0.2) is 9.18 Å². The fourth-order valence-corrected chi connectivity index (χ4v) is 2.33. The number of aromatic carboxylic acids is 1.